The van der Waals surface area contributed by atoms with Crippen LogP contribution in [0.2, 0.25) is 19.1 Å². The van der Waals surface area contributed by atoms with Crippen molar-refractivity contribution in [3.8, 4) is 0 Å². The average molecular weight is 214 g/mol. The first-order chi connectivity index (χ1) is 6.58. The molecule has 1 aromatic heterocycles. The van der Waals surface area contributed by atoms with Crippen molar-refractivity contribution in [3.63, 3.8) is 0 Å². The van der Waals surface area contributed by atoms with Crippen LogP contribution in [0.15, 0.2) is 22.8 Å². The molecular formula is C10H18O3Si. The van der Waals surface area contributed by atoms with E-state index in [1.807, 2.05) is 25.2 Å². The van der Waals surface area contributed by atoms with Crippen molar-refractivity contribution < 1.29 is 13.9 Å². The highest BCUT2D eigenvalue weighted by molar-refractivity contribution is 6.69. The van der Waals surface area contributed by atoms with Crippen molar-refractivity contribution in [1.82, 2.24) is 0 Å². The topological polar surface area (TPSA) is 42.6 Å². The Hall–Kier alpha value is -0.583. The Balaban J connectivity index is 2.00. The highest BCUT2D eigenvalue weighted by Crippen LogP contribution is 2.08. The summed E-state index contributed by atoms with van der Waals surface area (Å²) in [6.45, 7) is 5.11. The lowest BCUT2D eigenvalue weighted by atomic mass is 10.5. The van der Waals surface area contributed by atoms with E-state index in [2.05, 4.69) is 0 Å². The molecule has 1 aromatic rings. The molecule has 0 spiro atoms. The van der Waals surface area contributed by atoms with E-state index in [9.17, 15) is 4.80 Å². The second-order valence-electron chi connectivity index (χ2n) is 4.05. The van der Waals surface area contributed by atoms with Crippen molar-refractivity contribution in [3.05, 3.63) is 24.2 Å². The summed E-state index contributed by atoms with van der Waals surface area (Å²) in [6.07, 6.45) is 2.57. The summed E-state index contributed by atoms with van der Waals surface area (Å²) in [5, 5.41) is 0. The molecule has 0 atom stereocenters. The van der Waals surface area contributed by atoms with Gasteiger partial charge in [-0.05, 0) is 37.7 Å². The Bertz CT molecular complexity index is 238. The number of rotatable bonds is 6. The largest absolute Gasteiger partial charge is 0.467 e. The van der Waals surface area contributed by atoms with E-state index in [1.54, 1.807) is 6.26 Å². The van der Waals surface area contributed by atoms with Gasteiger partial charge in [0.05, 0.1) is 6.26 Å². The Morgan fingerprint density at radius 1 is 1.50 bits per heavy atom. The molecule has 0 saturated carbocycles. The second kappa shape index (κ2) is 5.34. The van der Waals surface area contributed by atoms with Gasteiger partial charge in [-0.3, -0.25) is 0 Å². The molecule has 1 rings (SSSR count). The minimum absolute atomic E-state index is 0.528. The molecule has 0 radical (unpaired) electrons. The summed E-state index contributed by atoms with van der Waals surface area (Å²) in [4.78, 5) is 9.57. The minimum atomic E-state index is -1.88. The van der Waals surface area contributed by atoms with E-state index < -0.39 is 8.32 Å². The van der Waals surface area contributed by atoms with Crippen LogP contribution in [-0.2, 0) is 11.3 Å². The molecule has 0 aliphatic rings. The van der Waals surface area contributed by atoms with Gasteiger partial charge < -0.3 is 13.9 Å². The van der Waals surface area contributed by atoms with Gasteiger partial charge in [-0.2, -0.15) is 0 Å². The zero-order chi connectivity index (χ0) is 10.4. The summed E-state index contributed by atoms with van der Waals surface area (Å²) in [5.41, 5.74) is 0. The fourth-order valence-corrected chi connectivity index (χ4v) is 2.18. The molecule has 0 amide bonds. The van der Waals surface area contributed by atoms with Gasteiger partial charge in [0.1, 0.15) is 12.4 Å². The molecule has 1 heterocycles. The predicted octanol–water partition coefficient (Wildman–Crippen LogP) is 2.38. The molecule has 0 fully saturated rings. The summed E-state index contributed by atoms with van der Waals surface area (Å²) in [6, 6.07) is 4.64. The number of furan rings is 1. The van der Waals surface area contributed by atoms with Gasteiger partial charge in [-0.15, -0.1) is 0 Å². The third-order valence-corrected chi connectivity index (χ3v) is 3.48. The maximum Gasteiger partial charge on any atom is 0.182 e. The number of hydrogen-bond acceptors (Lipinski definition) is 3. The molecule has 0 unspecified atom stereocenters. The summed E-state index contributed by atoms with van der Waals surface area (Å²) < 4.78 is 10.5. The van der Waals surface area contributed by atoms with Gasteiger partial charge >= 0.3 is 0 Å². The Morgan fingerprint density at radius 2 is 2.29 bits per heavy atom. The third-order valence-electron chi connectivity index (χ3n) is 1.90. The van der Waals surface area contributed by atoms with Gasteiger partial charge in [0, 0.05) is 6.61 Å². The maximum absolute atomic E-state index is 9.57. The van der Waals surface area contributed by atoms with Crippen LogP contribution in [0.5, 0.6) is 0 Å². The minimum Gasteiger partial charge on any atom is -0.467 e. The van der Waals surface area contributed by atoms with Crippen LogP contribution >= 0.6 is 0 Å². The molecule has 0 aromatic carbocycles. The fraction of sp³-hybridized carbons (Fsp3) is 0.600. The van der Waals surface area contributed by atoms with Gasteiger partial charge in [0.25, 0.3) is 0 Å². The summed E-state index contributed by atoms with van der Waals surface area (Å²) in [7, 11) is -1.88. The first kappa shape index (κ1) is 11.5. The zero-order valence-electron chi connectivity index (χ0n) is 8.82. The normalized spacial score (nSPS) is 11.9. The van der Waals surface area contributed by atoms with Gasteiger partial charge in [0.2, 0.25) is 0 Å². The van der Waals surface area contributed by atoms with E-state index in [0.29, 0.717) is 13.2 Å². The van der Waals surface area contributed by atoms with Crippen LogP contribution in [0.1, 0.15) is 12.2 Å². The van der Waals surface area contributed by atoms with Crippen LogP contribution < -0.4 is 0 Å². The van der Waals surface area contributed by atoms with E-state index in [1.165, 1.54) is 0 Å². The van der Waals surface area contributed by atoms with E-state index in [0.717, 1.165) is 18.2 Å². The van der Waals surface area contributed by atoms with Crippen LogP contribution in [0, 0.1) is 0 Å². The fourth-order valence-electron chi connectivity index (χ4n) is 1.17. The van der Waals surface area contributed by atoms with Gasteiger partial charge in [-0.1, -0.05) is 0 Å². The number of hydrogen-bond donors (Lipinski definition) is 1. The van der Waals surface area contributed by atoms with E-state index in [4.69, 9.17) is 9.15 Å². The lowest BCUT2D eigenvalue weighted by Gasteiger charge is -2.12. The molecule has 4 heteroatoms. The molecular weight excluding hydrogens is 196 g/mol. The first-order valence-corrected chi connectivity index (χ1v) is 8.06. The molecule has 80 valence electrons. The molecule has 0 bridgehead atoms. The Morgan fingerprint density at radius 3 is 2.86 bits per heavy atom. The van der Waals surface area contributed by atoms with E-state index >= 15 is 0 Å². The first-order valence-electron chi connectivity index (χ1n) is 4.90. The smallest absolute Gasteiger partial charge is 0.182 e. The van der Waals surface area contributed by atoms with Crippen molar-refractivity contribution >= 4 is 8.32 Å². The van der Waals surface area contributed by atoms with Crippen molar-refractivity contribution in [2.24, 2.45) is 0 Å². The molecule has 0 saturated heterocycles. The SMILES string of the molecule is C[Si](C)(O)CCCOCc1ccco1. The van der Waals surface area contributed by atoms with Gasteiger partial charge in [0.15, 0.2) is 8.32 Å². The summed E-state index contributed by atoms with van der Waals surface area (Å²) in [5.74, 6) is 0.852. The van der Waals surface area contributed by atoms with E-state index in [-0.39, 0.29) is 0 Å². The second-order valence-corrected chi connectivity index (χ2v) is 8.17. The Kier molecular flexibility index (Phi) is 4.38. The standard InChI is InChI=1S/C10H18O3Si/c1-14(2,11)8-4-6-12-9-10-5-3-7-13-10/h3,5,7,11H,4,6,8-9H2,1-2H3. The van der Waals surface area contributed by atoms with Crippen molar-refractivity contribution in [1.29, 1.82) is 0 Å². The van der Waals surface area contributed by atoms with Crippen LogP contribution in [-0.4, -0.2) is 19.7 Å². The van der Waals surface area contributed by atoms with Crippen molar-refractivity contribution in [2.75, 3.05) is 6.61 Å². The molecule has 0 aliphatic heterocycles. The molecule has 1 N–H and O–H groups in total. The predicted molar refractivity (Wildman–Crippen MR) is 57.5 cm³/mol. The quantitative estimate of drug-likeness (QED) is 0.584. The Labute approximate surface area is 85.8 Å². The monoisotopic (exact) mass is 214 g/mol. The van der Waals surface area contributed by atoms with Gasteiger partial charge in [-0.25, -0.2) is 0 Å². The zero-order valence-corrected chi connectivity index (χ0v) is 9.82. The maximum atomic E-state index is 9.57. The molecule has 0 aliphatic carbocycles. The van der Waals surface area contributed by atoms with Crippen LogP contribution in [0.3, 0.4) is 0 Å². The summed E-state index contributed by atoms with van der Waals surface area (Å²) >= 11 is 0. The average Bonchev–Trinajstić information content (AvgIpc) is 2.54. The van der Waals surface area contributed by atoms with Crippen molar-refractivity contribution in [2.45, 2.75) is 32.2 Å². The highest BCUT2D eigenvalue weighted by Gasteiger charge is 2.15. The van der Waals surface area contributed by atoms with Crippen LogP contribution in [0.4, 0.5) is 0 Å². The molecule has 14 heavy (non-hydrogen) atoms. The molecule has 3 nitrogen and oxygen atoms in total. The highest BCUT2D eigenvalue weighted by atomic mass is 28.4. The third kappa shape index (κ3) is 5.21. The lowest BCUT2D eigenvalue weighted by Crippen LogP contribution is -2.24. The lowest BCUT2D eigenvalue weighted by molar-refractivity contribution is 0.106. The van der Waals surface area contributed by atoms with Crippen LogP contribution in [0.25, 0.3) is 0 Å². The number of ether oxygens (including phenoxy) is 1.